The molecule has 0 spiro atoms. The number of ether oxygens (including phenoxy) is 1. The second-order valence-corrected chi connectivity index (χ2v) is 3.37. The van der Waals surface area contributed by atoms with E-state index >= 15 is 0 Å². The van der Waals surface area contributed by atoms with Gasteiger partial charge in [0.2, 0.25) is 0 Å². The lowest BCUT2D eigenvalue weighted by Gasteiger charge is -2.17. The zero-order chi connectivity index (χ0) is 12.8. The number of hydrogen-bond donors (Lipinski definition) is 2. The fraction of sp³-hybridized carbons (Fsp3) is 0.308. The average molecular weight is 234 g/mol. The molecular formula is C13H14O4. The van der Waals surface area contributed by atoms with Crippen LogP contribution in [0.15, 0.2) is 24.3 Å². The van der Waals surface area contributed by atoms with Gasteiger partial charge in [0.15, 0.2) is 6.10 Å². The predicted octanol–water partition coefficient (Wildman–Crippen LogP) is 0.625. The number of benzene rings is 1. The molecule has 2 N–H and O–H groups in total. The van der Waals surface area contributed by atoms with Gasteiger partial charge in [0.25, 0.3) is 0 Å². The molecule has 4 heteroatoms. The van der Waals surface area contributed by atoms with Gasteiger partial charge in [0.1, 0.15) is 6.10 Å². The molecule has 90 valence electrons. The summed E-state index contributed by atoms with van der Waals surface area (Å²) in [5.74, 6) is 1.51. The first-order valence-corrected chi connectivity index (χ1v) is 5.20. The molecule has 0 aromatic heterocycles. The lowest BCUT2D eigenvalue weighted by Crippen LogP contribution is -2.30. The highest BCUT2D eigenvalue weighted by Crippen LogP contribution is 2.21. The Morgan fingerprint density at radius 3 is 2.71 bits per heavy atom. The molecule has 1 rings (SSSR count). The van der Waals surface area contributed by atoms with Crippen molar-refractivity contribution >= 4 is 5.97 Å². The van der Waals surface area contributed by atoms with Crippen molar-refractivity contribution < 1.29 is 19.7 Å². The summed E-state index contributed by atoms with van der Waals surface area (Å²) in [5.41, 5.74) is 0.763. The molecule has 0 saturated carbocycles. The molecule has 2 atom stereocenters. The van der Waals surface area contributed by atoms with Crippen molar-refractivity contribution in [2.45, 2.75) is 19.1 Å². The first kappa shape index (κ1) is 13.2. The highest BCUT2D eigenvalue weighted by atomic mass is 16.5. The maximum absolute atomic E-state index is 11.3. The smallest absolute Gasteiger partial charge is 0.338 e. The molecule has 1 aromatic rings. The average Bonchev–Trinajstić information content (AvgIpc) is 2.37. The lowest BCUT2D eigenvalue weighted by molar-refractivity contribution is -0.159. The van der Waals surface area contributed by atoms with Crippen molar-refractivity contribution in [2.24, 2.45) is 0 Å². The summed E-state index contributed by atoms with van der Waals surface area (Å²) >= 11 is 0. The molecule has 4 nitrogen and oxygen atoms in total. The summed E-state index contributed by atoms with van der Waals surface area (Å²) in [6.45, 7) is 1.76. The van der Waals surface area contributed by atoms with E-state index in [0.29, 0.717) is 11.1 Å². The number of aliphatic hydroxyl groups is 2. The molecule has 0 radical (unpaired) electrons. The minimum atomic E-state index is -1.63. The zero-order valence-electron chi connectivity index (χ0n) is 9.46. The first-order valence-electron chi connectivity index (χ1n) is 5.20. The third-order valence-electron chi connectivity index (χ3n) is 2.26. The number of esters is 1. The number of aliphatic hydroxyl groups excluding tert-OH is 2. The van der Waals surface area contributed by atoms with Crippen LogP contribution in [0, 0.1) is 12.3 Å². The molecular weight excluding hydrogens is 220 g/mol. The van der Waals surface area contributed by atoms with Gasteiger partial charge in [0, 0.05) is 5.56 Å². The van der Waals surface area contributed by atoms with E-state index in [1.807, 2.05) is 0 Å². The van der Waals surface area contributed by atoms with Crippen LogP contribution in [0.3, 0.4) is 0 Å². The number of terminal acetylenes is 1. The van der Waals surface area contributed by atoms with E-state index < -0.39 is 18.2 Å². The summed E-state index contributed by atoms with van der Waals surface area (Å²) in [6, 6.07) is 6.55. The largest absolute Gasteiger partial charge is 0.464 e. The minimum Gasteiger partial charge on any atom is -0.464 e. The van der Waals surface area contributed by atoms with Crippen molar-refractivity contribution in [3.63, 3.8) is 0 Å². The molecule has 0 aliphatic rings. The Morgan fingerprint density at radius 2 is 2.12 bits per heavy atom. The highest BCUT2D eigenvalue weighted by molar-refractivity contribution is 5.75. The maximum Gasteiger partial charge on any atom is 0.338 e. The van der Waals surface area contributed by atoms with Gasteiger partial charge in [-0.25, -0.2) is 4.79 Å². The van der Waals surface area contributed by atoms with E-state index in [4.69, 9.17) is 6.42 Å². The van der Waals surface area contributed by atoms with Gasteiger partial charge in [-0.2, -0.15) is 0 Å². The molecule has 17 heavy (non-hydrogen) atoms. The van der Waals surface area contributed by atoms with Crippen LogP contribution < -0.4 is 0 Å². The summed E-state index contributed by atoms with van der Waals surface area (Å²) in [7, 11) is 0. The van der Waals surface area contributed by atoms with Gasteiger partial charge in [-0.3, -0.25) is 0 Å². The van der Waals surface area contributed by atoms with E-state index in [1.165, 1.54) is 0 Å². The Kier molecular flexibility index (Phi) is 4.70. The fourth-order valence-electron chi connectivity index (χ4n) is 1.41. The molecule has 0 saturated heterocycles. The van der Waals surface area contributed by atoms with Gasteiger partial charge >= 0.3 is 5.97 Å². The van der Waals surface area contributed by atoms with Gasteiger partial charge in [-0.05, 0) is 18.6 Å². The van der Waals surface area contributed by atoms with Gasteiger partial charge < -0.3 is 14.9 Å². The van der Waals surface area contributed by atoms with Crippen LogP contribution in [-0.4, -0.2) is 28.9 Å². The third-order valence-corrected chi connectivity index (χ3v) is 2.26. The van der Waals surface area contributed by atoms with Crippen LogP contribution in [0.5, 0.6) is 0 Å². The number of carbonyl (C=O) groups excluding carboxylic acids is 1. The fourth-order valence-corrected chi connectivity index (χ4v) is 1.41. The summed E-state index contributed by atoms with van der Waals surface area (Å²) in [4.78, 5) is 11.3. The summed E-state index contributed by atoms with van der Waals surface area (Å²) in [5, 5.41) is 19.4. The number of carbonyl (C=O) groups is 1. The Labute approximate surface area is 99.8 Å². The third kappa shape index (κ3) is 3.06. The van der Waals surface area contributed by atoms with E-state index in [9.17, 15) is 15.0 Å². The van der Waals surface area contributed by atoms with Crippen molar-refractivity contribution in [3.05, 3.63) is 35.4 Å². The second kappa shape index (κ2) is 6.04. The monoisotopic (exact) mass is 234 g/mol. The second-order valence-electron chi connectivity index (χ2n) is 3.37. The number of hydrogen-bond acceptors (Lipinski definition) is 4. The molecule has 1 aromatic carbocycles. The molecule has 0 bridgehead atoms. The van der Waals surface area contributed by atoms with E-state index in [0.717, 1.165) is 0 Å². The first-order chi connectivity index (χ1) is 8.11. The van der Waals surface area contributed by atoms with Gasteiger partial charge in [-0.1, -0.05) is 24.1 Å². The molecule has 0 aliphatic heterocycles. The molecule has 0 amide bonds. The molecule has 0 heterocycles. The van der Waals surface area contributed by atoms with Crippen LogP contribution in [0.2, 0.25) is 0 Å². The topological polar surface area (TPSA) is 66.8 Å². The zero-order valence-corrected chi connectivity index (χ0v) is 9.46. The molecule has 2 unspecified atom stereocenters. The van der Waals surface area contributed by atoms with Gasteiger partial charge in [-0.15, -0.1) is 6.42 Å². The quantitative estimate of drug-likeness (QED) is 0.592. The Hall–Kier alpha value is -1.83. The molecule has 0 fully saturated rings. The minimum absolute atomic E-state index is 0.138. The van der Waals surface area contributed by atoms with Crippen LogP contribution in [-0.2, 0) is 9.53 Å². The predicted molar refractivity (Wildman–Crippen MR) is 62.0 cm³/mol. The molecule has 0 aliphatic carbocycles. The lowest BCUT2D eigenvalue weighted by atomic mass is 9.99. The Bertz CT molecular complexity index is 433. The van der Waals surface area contributed by atoms with Crippen LogP contribution in [0.4, 0.5) is 0 Å². The van der Waals surface area contributed by atoms with Crippen molar-refractivity contribution in [2.75, 3.05) is 6.61 Å². The van der Waals surface area contributed by atoms with Crippen LogP contribution in [0.25, 0.3) is 0 Å². The van der Waals surface area contributed by atoms with Crippen molar-refractivity contribution in [3.8, 4) is 12.3 Å². The summed E-state index contributed by atoms with van der Waals surface area (Å²) in [6.07, 6.45) is 2.24. The Balaban J connectivity index is 2.93. The van der Waals surface area contributed by atoms with Crippen LogP contribution in [0.1, 0.15) is 24.2 Å². The van der Waals surface area contributed by atoms with E-state index in [-0.39, 0.29) is 6.61 Å². The normalized spacial score (nSPS) is 13.5. The van der Waals surface area contributed by atoms with Crippen LogP contribution >= 0.6 is 0 Å². The SMILES string of the molecule is C#Cc1ccccc1C(O)C(O)C(=O)OCC. The summed E-state index contributed by atoms with van der Waals surface area (Å²) < 4.78 is 4.62. The van der Waals surface area contributed by atoms with E-state index in [2.05, 4.69) is 10.7 Å². The highest BCUT2D eigenvalue weighted by Gasteiger charge is 2.28. The van der Waals surface area contributed by atoms with E-state index in [1.54, 1.807) is 31.2 Å². The Morgan fingerprint density at radius 1 is 1.47 bits per heavy atom. The standard InChI is InChI=1S/C13H14O4/c1-3-9-7-5-6-8-10(9)11(14)12(15)13(16)17-4-2/h1,5-8,11-12,14-15H,4H2,2H3. The van der Waals surface area contributed by atoms with Crippen molar-refractivity contribution in [1.82, 2.24) is 0 Å². The number of rotatable bonds is 4. The van der Waals surface area contributed by atoms with Crippen molar-refractivity contribution in [1.29, 1.82) is 0 Å². The maximum atomic E-state index is 11.3. The van der Waals surface area contributed by atoms with Gasteiger partial charge in [0.05, 0.1) is 6.61 Å².